The first-order valence-corrected chi connectivity index (χ1v) is 5.88. The van der Waals surface area contributed by atoms with Gasteiger partial charge >= 0.3 is 5.97 Å². The number of aliphatic carboxylic acids is 1. The van der Waals surface area contributed by atoms with Crippen molar-refractivity contribution in [2.45, 2.75) is 24.9 Å². The second-order valence-corrected chi connectivity index (χ2v) is 4.54. The van der Waals surface area contributed by atoms with Crippen LogP contribution in [0.15, 0.2) is 12.4 Å². The SMILES string of the molecule is CCn1cc([C@@H]2N[C@H](C(=O)O)CS2)cn1. The molecule has 0 aromatic carbocycles. The molecule has 2 rings (SSSR count). The van der Waals surface area contributed by atoms with Gasteiger partial charge in [0, 0.05) is 24.1 Å². The first kappa shape index (κ1) is 10.5. The molecule has 1 aliphatic rings. The van der Waals surface area contributed by atoms with Gasteiger partial charge in [0.2, 0.25) is 0 Å². The van der Waals surface area contributed by atoms with Gasteiger partial charge in [0.15, 0.2) is 0 Å². The monoisotopic (exact) mass is 227 g/mol. The molecule has 5 nitrogen and oxygen atoms in total. The minimum atomic E-state index is -0.784. The third-order valence-electron chi connectivity index (χ3n) is 2.36. The molecular formula is C9H13N3O2S. The average molecular weight is 227 g/mol. The predicted octanol–water partition coefficient (Wildman–Crippen LogP) is 0.691. The molecule has 0 bridgehead atoms. The van der Waals surface area contributed by atoms with Crippen molar-refractivity contribution in [2.75, 3.05) is 5.75 Å². The molecular weight excluding hydrogens is 214 g/mol. The third kappa shape index (κ3) is 2.15. The van der Waals surface area contributed by atoms with E-state index in [9.17, 15) is 4.79 Å². The molecule has 0 saturated carbocycles. The van der Waals surface area contributed by atoms with Crippen LogP contribution in [0.5, 0.6) is 0 Å². The first-order valence-electron chi connectivity index (χ1n) is 4.83. The summed E-state index contributed by atoms with van der Waals surface area (Å²) in [5.74, 6) is -0.176. The number of hydrogen-bond acceptors (Lipinski definition) is 4. The molecule has 0 aliphatic carbocycles. The first-order chi connectivity index (χ1) is 7.20. The molecule has 15 heavy (non-hydrogen) atoms. The van der Waals surface area contributed by atoms with Crippen LogP contribution in [0.25, 0.3) is 0 Å². The van der Waals surface area contributed by atoms with E-state index in [0.717, 1.165) is 12.1 Å². The van der Waals surface area contributed by atoms with Gasteiger partial charge in [-0.3, -0.25) is 14.8 Å². The maximum atomic E-state index is 10.7. The molecule has 2 N–H and O–H groups in total. The Morgan fingerprint density at radius 1 is 1.87 bits per heavy atom. The molecule has 6 heteroatoms. The highest BCUT2D eigenvalue weighted by atomic mass is 32.2. The Bertz CT molecular complexity index is 366. The molecule has 0 amide bonds. The highest BCUT2D eigenvalue weighted by Crippen LogP contribution is 2.32. The summed E-state index contributed by atoms with van der Waals surface area (Å²) in [6, 6.07) is -0.440. The number of aromatic nitrogens is 2. The predicted molar refractivity (Wildman–Crippen MR) is 57.7 cm³/mol. The lowest BCUT2D eigenvalue weighted by atomic mass is 10.3. The zero-order valence-corrected chi connectivity index (χ0v) is 9.20. The van der Waals surface area contributed by atoms with Crippen LogP contribution in [-0.2, 0) is 11.3 Å². The number of carbonyl (C=O) groups is 1. The number of aryl methyl sites for hydroxylation is 1. The maximum Gasteiger partial charge on any atom is 0.321 e. The average Bonchev–Trinajstić information content (AvgIpc) is 2.86. The van der Waals surface area contributed by atoms with E-state index in [-0.39, 0.29) is 5.37 Å². The van der Waals surface area contributed by atoms with Crippen molar-refractivity contribution in [3.8, 4) is 0 Å². The summed E-state index contributed by atoms with van der Waals surface area (Å²) in [7, 11) is 0. The summed E-state index contributed by atoms with van der Waals surface area (Å²) in [4.78, 5) is 10.7. The zero-order chi connectivity index (χ0) is 10.8. The normalized spacial score (nSPS) is 25.7. The number of carboxylic acid groups (broad SMARTS) is 1. The summed E-state index contributed by atoms with van der Waals surface area (Å²) in [6.45, 7) is 2.85. The van der Waals surface area contributed by atoms with Gasteiger partial charge in [-0.05, 0) is 6.92 Å². The third-order valence-corrected chi connectivity index (χ3v) is 3.63. The van der Waals surface area contributed by atoms with E-state index in [2.05, 4.69) is 10.4 Å². The van der Waals surface area contributed by atoms with Gasteiger partial charge in [-0.25, -0.2) is 0 Å². The highest BCUT2D eigenvalue weighted by molar-refractivity contribution is 7.99. The molecule has 0 unspecified atom stereocenters. The molecule has 0 spiro atoms. The number of nitrogens with one attached hydrogen (secondary N) is 1. The molecule has 2 heterocycles. The molecule has 1 aliphatic heterocycles. The molecule has 0 radical (unpaired) electrons. The van der Waals surface area contributed by atoms with Gasteiger partial charge in [-0.1, -0.05) is 0 Å². The molecule has 1 aromatic heterocycles. The molecule has 1 fully saturated rings. The molecule has 2 atom stereocenters. The minimum absolute atomic E-state index is 0.0615. The van der Waals surface area contributed by atoms with Crippen molar-refractivity contribution in [1.29, 1.82) is 0 Å². The molecule has 1 saturated heterocycles. The quantitative estimate of drug-likeness (QED) is 0.795. The number of rotatable bonds is 3. The van der Waals surface area contributed by atoms with Crippen LogP contribution in [0.2, 0.25) is 0 Å². The number of thioether (sulfide) groups is 1. The topological polar surface area (TPSA) is 67.2 Å². The molecule has 1 aromatic rings. The Morgan fingerprint density at radius 3 is 3.20 bits per heavy atom. The van der Waals surface area contributed by atoms with Crippen molar-refractivity contribution in [1.82, 2.24) is 15.1 Å². The van der Waals surface area contributed by atoms with E-state index in [1.54, 1.807) is 18.0 Å². The van der Waals surface area contributed by atoms with Crippen LogP contribution >= 0.6 is 11.8 Å². The van der Waals surface area contributed by atoms with E-state index in [1.165, 1.54) is 0 Å². The largest absolute Gasteiger partial charge is 0.480 e. The second kappa shape index (κ2) is 4.24. The van der Waals surface area contributed by atoms with Gasteiger partial charge in [0.1, 0.15) is 6.04 Å². The summed E-state index contributed by atoms with van der Waals surface area (Å²) in [6.07, 6.45) is 3.74. The Labute approximate surface area is 91.9 Å². The minimum Gasteiger partial charge on any atom is -0.480 e. The number of nitrogens with zero attached hydrogens (tertiary/aromatic N) is 2. The van der Waals surface area contributed by atoms with Crippen molar-refractivity contribution in [3.05, 3.63) is 18.0 Å². The van der Waals surface area contributed by atoms with E-state index < -0.39 is 12.0 Å². The van der Waals surface area contributed by atoms with Crippen LogP contribution in [0, 0.1) is 0 Å². The number of carboxylic acids is 1. The lowest BCUT2D eigenvalue weighted by Crippen LogP contribution is -2.33. The fraction of sp³-hybridized carbons (Fsp3) is 0.556. The summed E-state index contributed by atoms with van der Waals surface area (Å²) < 4.78 is 1.84. The summed E-state index contributed by atoms with van der Waals surface area (Å²) in [5, 5.41) is 16.1. The Hall–Kier alpha value is -1.01. The van der Waals surface area contributed by atoms with Crippen LogP contribution in [0.3, 0.4) is 0 Å². The lowest BCUT2D eigenvalue weighted by molar-refractivity contribution is -0.138. The standard InChI is InChI=1S/C9H13N3O2S/c1-2-12-4-6(3-10-12)8-11-7(5-15-8)9(13)14/h3-4,7-8,11H,2,5H2,1H3,(H,13,14)/t7-,8+/m0/s1. The van der Waals surface area contributed by atoms with Crippen LogP contribution in [0.4, 0.5) is 0 Å². The van der Waals surface area contributed by atoms with Crippen LogP contribution < -0.4 is 5.32 Å². The summed E-state index contributed by atoms with van der Waals surface area (Å²) >= 11 is 1.61. The van der Waals surface area contributed by atoms with Crippen LogP contribution in [-0.4, -0.2) is 32.7 Å². The fourth-order valence-electron chi connectivity index (χ4n) is 1.49. The van der Waals surface area contributed by atoms with E-state index in [0.29, 0.717) is 5.75 Å². The van der Waals surface area contributed by atoms with Gasteiger partial charge < -0.3 is 5.11 Å². The zero-order valence-electron chi connectivity index (χ0n) is 8.38. The lowest BCUT2D eigenvalue weighted by Gasteiger charge is -2.07. The van der Waals surface area contributed by atoms with Crippen molar-refractivity contribution < 1.29 is 9.90 Å². The Balaban J connectivity index is 2.04. The molecule has 82 valence electrons. The van der Waals surface area contributed by atoms with Crippen molar-refractivity contribution in [3.63, 3.8) is 0 Å². The van der Waals surface area contributed by atoms with Gasteiger partial charge in [-0.15, -0.1) is 11.8 Å². The smallest absolute Gasteiger partial charge is 0.321 e. The second-order valence-electron chi connectivity index (χ2n) is 3.40. The van der Waals surface area contributed by atoms with Gasteiger partial charge in [0.25, 0.3) is 0 Å². The van der Waals surface area contributed by atoms with E-state index in [1.807, 2.05) is 17.8 Å². The van der Waals surface area contributed by atoms with Gasteiger partial charge in [0.05, 0.1) is 11.6 Å². The summed E-state index contributed by atoms with van der Waals surface area (Å²) in [5.41, 5.74) is 1.05. The van der Waals surface area contributed by atoms with Crippen LogP contribution in [0.1, 0.15) is 17.9 Å². The van der Waals surface area contributed by atoms with Crippen molar-refractivity contribution >= 4 is 17.7 Å². The van der Waals surface area contributed by atoms with E-state index >= 15 is 0 Å². The maximum absolute atomic E-state index is 10.7. The fourth-order valence-corrected chi connectivity index (χ4v) is 2.69. The van der Waals surface area contributed by atoms with E-state index in [4.69, 9.17) is 5.11 Å². The Morgan fingerprint density at radius 2 is 2.67 bits per heavy atom. The highest BCUT2D eigenvalue weighted by Gasteiger charge is 2.30. The number of hydrogen-bond donors (Lipinski definition) is 2. The van der Waals surface area contributed by atoms with Crippen molar-refractivity contribution in [2.24, 2.45) is 0 Å². The van der Waals surface area contributed by atoms with Gasteiger partial charge in [-0.2, -0.15) is 5.10 Å². The Kier molecular flexibility index (Phi) is 2.97.